The fourth-order valence-corrected chi connectivity index (χ4v) is 3.73. The molecule has 1 aliphatic carbocycles. The summed E-state index contributed by atoms with van der Waals surface area (Å²) in [4.78, 5) is 8.23. The van der Waals surface area contributed by atoms with Gasteiger partial charge in [-0.1, -0.05) is 11.6 Å². The van der Waals surface area contributed by atoms with Crippen molar-refractivity contribution in [3.8, 4) is 0 Å². The highest BCUT2D eigenvalue weighted by atomic mass is 32.1. The normalized spacial score (nSPS) is 15.8. The standard InChI is InChI=1S/C15H21N3OS/c1-10-14(11(2)19-17-10)9-18(3)8-13-7-16-15(20-13)12-5-4-6-12/h7,12H,4-6,8-9H2,1-3H3. The number of rotatable bonds is 5. The second-order valence-corrected chi connectivity index (χ2v) is 6.91. The molecule has 0 saturated heterocycles. The second kappa shape index (κ2) is 5.66. The van der Waals surface area contributed by atoms with E-state index in [1.807, 2.05) is 31.4 Å². The monoisotopic (exact) mass is 291 g/mol. The summed E-state index contributed by atoms with van der Waals surface area (Å²) in [5.74, 6) is 1.66. The average molecular weight is 291 g/mol. The predicted molar refractivity (Wildman–Crippen MR) is 79.9 cm³/mol. The van der Waals surface area contributed by atoms with Crippen molar-refractivity contribution in [2.24, 2.45) is 0 Å². The van der Waals surface area contributed by atoms with Gasteiger partial charge in [-0.2, -0.15) is 0 Å². The molecule has 0 bridgehead atoms. The highest BCUT2D eigenvalue weighted by Crippen LogP contribution is 2.38. The fourth-order valence-electron chi connectivity index (χ4n) is 2.56. The van der Waals surface area contributed by atoms with Crippen LogP contribution >= 0.6 is 11.3 Å². The van der Waals surface area contributed by atoms with Crippen molar-refractivity contribution in [3.63, 3.8) is 0 Å². The van der Waals surface area contributed by atoms with Crippen molar-refractivity contribution in [1.82, 2.24) is 15.0 Å². The molecule has 3 rings (SSSR count). The van der Waals surface area contributed by atoms with Gasteiger partial charge < -0.3 is 4.52 Å². The van der Waals surface area contributed by atoms with Gasteiger partial charge in [-0.3, -0.25) is 4.90 Å². The first-order valence-corrected chi connectivity index (χ1v) is 8.00. The van der Waals surface area contributed by atoms with Crippen LogP contribution in [0.2, 0.25) is 0 Å². The summed E-state index contributed by atoms with van der Waals surface area (Å²) in [5, 5.41) is 5.34. The van der Waals surface area contributed by atoms with Crippen LogP contribution in [0.15, 0.2) is 10.7 Å². The highest BCUT2D eigenvalue weighted by molar-refractivity contribution is 7.11. The molecule has 5 heteroatoms. The van der Waals surface area contributed by atoms with E-state index in [0.29, 0.717) is 0 Å². The molecule has 20 heavy (non-hydrogen) atoms. The molecule has 0 atom stereocenters. The summed E-state index contributed by atoms with van der Waals surface area (Å²) in [6.07, 6.45) is 6.05. The number of hydrogen-bond donors (Lipinski definition) is 0. The molecule has 2 aromatic heterocycles. The molecule has 108 valence electrons. The van der Waals surface area contributed by atoms with Gasteiger partial charge in [0.1, 0.15) is 5.76 Å². The fraction of sp³-hybridized carbons (Fsp3) is 0.600. The predicted octanol–water partition coefficient (Wildman–Crippen LogP) is 3.65. The van der Waals surface area contributed by atoms with Gasteiger partial charge >= 0.3 is 0 Å². The smallest absolute Gasteiger partial charge is 0.138 e. The van der Waals surface area contributed by atoms with Gasteiger partial charge in [0.15, 0.2) is 0 Å². The van der Waals surface area contributed by atoms with E-state index in [9.17, 15) is 0 Å². The first kappa shape index (κ1) is 13.8. The molecular formula is C15H21N3OS. The molecule has 1 fully saturated rings. The molecule has 0 aliphatic heterocycles. The Balaban J connectivity index is 1.61. The lowest BCUT2D eigenvalue weighted by molar-refractivity contribution is 0.317. The van der Waals surface area contributed by atoms with E-state index in [0.717, 1.165) is 30.5 Å². The van der Waals surface area contributed by atoms with Crippen molar-refractivity contribution in [2.75, 3.05) is 7.05 Å². The minimum absolute atomic E-state index is 0.738. The third-order valence-electron chi connectivity index (χ3n) is 4.06. The number of hydrogen-bond acceptors (Lipinski definition) is 5. The molecule has 1 aliphatic rings. The van der Waals surface area contributed by atoms with Gasteiger partial charge in [0.2, 0.25) is 0 Å². The Morgan fingerprint density at radius 3 is 2.75 bits per heavy atom. The highest BCUT2D eigenvalue weighted by Gasteiger charge is 2.22. The van der Waals surface area contributed by atoms with Crippen LogP contribution in [0.1, 0.15) is 52.1 Å². The second-order valence-electron chi connectivity index (χ2n) is 5.77. The topological polar surface area (TPSA) is 42.2 Å². The summed E-state index contributed by atoms with van der Waals surface area (Å²) < 4.78 is 5.22. The van der Waals surface area contributed by atoms with E-state index in [-0.39, 0.29) is 0 Å². The van der Waals surface area contributed by atoms with Crippen molar-refractivity contribution >= 4 is 11.3 Å². The van der Waals surface area contributed by atoms with E-state index in [2.05, 4.69) is 22.1 Å². The Bertz CT molecular complexity index is 566. The Morgan fingerprint density at radius 1 is 1.35 bits per heavy atom. The van der Waals surface area contributed by atoms with Crippen LogP contribution in [0.5, 0.6) is 0 Å². The first-order valence-electron chi connectivity index (χ1n) is 7.18. The molecule has 1 saturated carbocycles. The molecule has 2 heterocycles. The number of aryl methyl sites for hydroxylation is 2. The van der Waals surface area contributed by atoms with Crippen LogP contribution in [0, 0.1) is 13.8 Å². The summed E-state index contributed by atoms with van der Waals surface area (Å²) in [6.45, 7) is 5.79. The molecule has 2 aromatic rings. The van der Waals surface area contributed by atoms with Crippen molar-refractivity contribution in [2.45, 2.75) is 52.1 Å². The van der Waals surface area contributed by atoms with Crippen LogP contribution < -0.4 is 0 Å². The lowest BCUT2D eigenvalue weighted by Gasteiger charge is -2.22. The quantitative estimate of drug-likeness (QED) is 0.843. The first-order chi connectivity index (χ1) is 9.63. The average Bonchev–Trinajstić information content (AvgIpc) is 2.89. The number of aromatic nitrogens is 2. The largest absolute Gasteiger partial charge is 0.361 e. The third-order valence-corrected chi connectivity index (χ3v) is 5.21. The molecule has 0 aromatic carbocycles. The SMILES string of the molecule is Cc1noc(C)c1CN(C)Cc1cnc(C2CCC2)s1. The Hall–Kier alpha value is -1.20. The molecule has 0 spiro atoms. The maximum absolute atomic E-state index is 5.22. The molecule has 0 amide bonds. The summed E-state index contributed by atoms with van der Waals surface area (Å²) >= 11 is 1.87. The summed E-state index contributed by atoms with van der Waals surface area (Å²) in [7, 11) is 2.13. The molecule has 0 unspecified atom stereocenters. The van der Waals surface area contributed by atoms with Gasteiger partial charge in [0.05, 0.1) is 10.7 Å². The van der Waals surface area contributed by atoms with Gasteiger partial charge in [-0.15, -0.1) is 11.3 Å². The van der Waals surface area contributed by atoms with E-state index >= 15 is 0 Å². The Morgan fingerprint density at radius 2 is 2.15 bits per heavy atom. The van der Waals surface area contributed by atoms with Crippen molar-refractivity contribution < 1.29 is 4.52 Å². The molecule has 0 N–H and O–H groups in total. The zero-order chi connectivity index (χ0) is 14.1. The van der Waals surface area contributed by atoms with Gasteiger partial charge in [0, 0.05) is 35.6 Å². The Labute approximate surface area is 123 Å². The minimum atomic E-state index is 0.738. The van der Waals surface area contributed by atoms with E-state index in [4.69, 9.17) is 4.52 Å². The lowest BCUT2D eigenvalue weighted by atomic mass is 9.86. The van der Waals surface area contributed by atoms with E-state index in [1.165, 1.54) is 34.7 Å². The molecule has 0 radical (unpaired) electrons. The van der Waals surface area contributed by atoms with E-state index < -0.39 is 0 Å². The summed E-state index contributed by atoms with van der Waals surface area (Å²) in [5.41, 5.74) is 2.20. The van der Waals surface area contributed by atoms with Crippen LogP contribution in [0.3, 0.4) is 0 Å². The van der Waals surface area contributed by atoms with Crippen LogP contribution in [0.4, 0.5) is 0 Å². The summed E-state index contributed by atoms with van der Waals surface area (Å²) in [6, 6.07) is 0. The molecular weight excluding hydrogens is 270 g/mol. The van der Waals surface area contributed by atoms with Crippen LogP contribution in [0.25, 0.3) is 0 Å². The van der Waals surface area contributed by atoms with Crippen LogP contribution in [-0.2, 0) is 13.1 Å². The zero-order valence-corrected chi connectivity index (χ0v) is 13.2. The maximum Gasteiger partial charge on any atom is 0.138 e. The lowest BCUT2D eigenvalue weighted by Crippen LogP contribution is -2.17. The number of thiazole rings is 1. The van der Waals surface area contributed by atoms with Crippen molar-refractivity contribution in [1.29, 1.82) is 0 Å². The Kier molecular flexibility index (Phi) is 3.89. The van der Waals surface area contributed by atoms with Gasteiger partial charge in [0.25, 0.3) is 0 Å². The molecule has 4 nitrogen and oxygen atoms in total. The van der Waals surface area contributed by atoms with E-state index in [1.54, 1.807) is 0 Å². The van der Waals surface area contributed by atoms with Gasteiger partial charge in [-0.25, -0.2) is 4.98 Å². The van der Waals surface area contributed by atoms with Crippen LogP contribution in [-0.4, -0.2) is 22.1 Å². The third kappa shape index (κ3) is 2.79. The maximum atomic E-state index is 5.22. The minimum Gasteiger partial charge on any atom is -0.361 e. The van der Waals surface area contributed by atoms with Gasteiger partial charge in [-0.05, 0) is 33.7 Å². The number of nitrogens with zero attached hydrogens (tertiary/aromatic N) is 3. The zero-order valence-electron chi connectivity index (χ0n) is 12.3. The van der Waals surface area contributed by atoms with Crippen molar-refractivity contribution in [3.05, 3.63) is 33.1 Å².